The van der Waals surface area contributed by atoms with Crippen LogP contribution in [0.1, 0.15) is 47.4 Å². The Labute approximate surface area is 226 Å². The lowest BCUT2D eigenvalue weighted by Gasteiger charge is -2.44. The van der Waals surface area contributed by atoms with Crippen LogP contribution < -0.4 is 0 Å². The lowest BCUT2D eigenvalue weighted by atomic mass is 9.77. The molecule has 0 bridgehead atoms. The normalized spacial score (nSPS) is 22.2. The first-order valence-corrected chi connectivity index (χ1v) is 14.1. The number of hydrogen-bond acceptors (Lipinski definition) is 3. The molecule has 0 saturated carbocycles. The van der Waals surface area contributed by atoms with E-state index in [0.717, 1.165) is 62.0 Å². The van der Waals surface area contributed by atoms with Gasteiger partial charge in [0.2, 0.25) is 0 Å². The van der Waals surface area contributed by atoms with E-state index in [9.17, 15) is 5.11 Å². The van der Waals surface area contributed by atoms with Crippen LogP contribution in [0.2, 0.25) is 0 Å². The predicted molar refractivity (Wildman–Crippen MR) is 154 cm³/mol. The second-order valence-electron chi connectivity index (χ2n) is 10.9. The van der Waals surface area contributed by atoms with Gasteiger partial charge in [-0.3, -0.25) is 0 Å². The SMILES string of the molecule is OC1(OCc2ccccc2-c2ccccc2)c2ccccc2CCC1CN1CCC(c2ccccc2)CC1. The van der Waals surface area contributed by atoms with E-state index in [2.05, 4.69) is 102 Å². The van der Waals surface area contributed by atoms with Crippen molar-refractivity contribution in [1.82, 2.24) is 4.90 Å². The van der Waals surface area contributed by atoms with Crippen LogP contribution in [0.3, 0.4) is 0 Å². The Morgan fingerprint density at radius 3 is 2.18 bits per heavy atom. The molecule has 6 rings (SSSR count). The highest BCUT2D eigenvalue weighted by Gasteiger charge is 2.45. The fourth-order valence-electron chi connectivity index (χ4n) is 6.46. The monoisotopic (exact) mass is 503 g/mol. The Bertz CT molecular complexity index is 1330. The minimum atomic E-state index is -1.31. The standard InChI is InChI=1S/C35H37NO2/c37-35(38-26-31-16-7-9-17-33(31)29-13-5-2-6-14-29)32(20-19-30-15-8-10-18-34(30)35)25-36-23-21-28(22-24-36)27-11-3-1-4-12-27/h1-18,28,32,37H,19-26H2. The summed E-state index contributed by atoms with van der Waals surface area (Å²) in [6.07, 6.45) is 4.23. The van der Waals surface area contributed by atoms with E-state index in [1.165, 1.54) is 16.7 Å². The Hall–Kier alpha value is -3.24. The van der Waals surface area contributed by atoms with E-state index in [4.69, 9.17) is 4.74 Å². The van der Waals surface area contributed by atoms with E-state index in [1.54, 1.807) is 0 Å². The summed E-state index contributed by atoms with van der Waals surface area (Å²) in [6, 6.07) is 38.0. The Morgan fingerprint density at radius 1 is 0.737 bits per heavy atom. The molecule has 4 aromatic rings. The van der Waals surface area contributed by atoms with E-state index in [0.29, 0.717) is 12.5 Å². The largest absolute Gasteiger partial charge is 0.362 e. The molecule has 1 aliphatic heterocycles. The van der Waals surface area contributed by atoms with Crippen molar-refractivity contribution in [2.24, 2.45) is 5.92 Å². The molecule has 0 aromatic heterocycles. The lowest BCUT2D eigenvalue weighted by molar-refractivity contribution is -0.262. The van der Waals surface area contributed by atoms with Gasteiger partial charge in [0.05, 0.1) is 6.61 Å². The van der Waals surface area contributed by atoms with Crippen molar-refractivity contribution in [3.63, 3.8) is 0 Å². The highest BCUT2D eigenvalue weighted by Crippen LogP contribution is 2.43. The zero-order chi connectivity index (χ0) is 25.8. The molecule has 2 atom stereocenters. The van der Waals surface area contributed by atoms with E-state index in [-0.39, 0.29) is 5.92 Å². The predicted octanol–water partition coefficient (Wildman–Crippen LogP) is 7.16. The number of piperidine rings is 1. The van der Waals surface area contributed by atoms with Crippen LogP contribution in [-0.2, 0) is 23.6 Å². The van der Waals surface area contributed by atoms with Crippen molar-refractivity contribution in [1.29, 1.82) is 0 Å². The van der Waals surface area contributed by atoms with Crippen molar-refractivity contribution in [2.75, 3.05) is 19.6 Å². The minimum Gasteiger partial charge on any atom is -0.362 e. The molecule has 38 heavy (non-hydrogen) atoms. The lowest BCUT2D eigenvalue weighted by Crippen LogP contribution is -2.48. The smallest absolute Gasteiger partial charge is 0.197 e. The second-order valence-corrected chi connectivity index (χ2v) is 10.9. The van der Waals surface area contributed by atoms with Gasteiger partial charge in [-0.15, -0.1) is 0 Å². The third kappa shape index (κ3) is 5.19. The van der Waals surface area contributed by atoms with Crippen molar-refractivity contribution in [2.45, 2.75) is 44.0 Å². The van der Waals surface area contributed by atoms with Crippen molar-refractivity contribution in [3.05, 3.63) is 131 Å². The molecule has 1 saturated heterocycles. The molecule has 1 N–H and O–H groups in total. The van der Waals surface area contributed by atoms with Gasteiger partial charge < -0.3 is 14.7 Å². The minimum absolute atomic E-state index is 0.0227. The number of rotatable bonds is 7. The molecular weight excluding hydrogens is 466 g/mol. The summed E-state index contributed by atoms with van der Waals surface area (Å²) in [5.41, 5.74) is 7.01. The van der Waals surface area contributed by atoms with Crippen molar-refractivity contribution < 1.29 is 9.84 Å². The van der Waals surface area contributed by atoms with Crippen LogP contribution in [0.4, 0.5) is 0 Å². The number of fused-ring (bicyclic) bond motifs is 1. The Balaban J connectivity index is 1.21. The molecule has 1 heterocycles. The van der Waals surface area contributed by atoms with Gasteiger partial charge in [-0.25, -0.2) is 0 Å². The maximum absolute atomic E-state index is 12.3. The van der Waals surface area contributed by atoms with Crippen molar-refractivity contribution >= 4 is 0 Å². The number of benzene rings is 4. The molecule has 0 amide bonds. The number of aliphatic hydroxyl groups is 1. The first-order chi connectivity index (χ1) is 18.7. The number of nitrogens with zero attached hydrogens (tertiary/aromatic N) is 1. The number of ether oxygens (including phenoxy) is 1. The summed E-state index contributed by atoms with van der Waals surface area (Å²) >= 11 is 0. The maximum Gasteiger partial charge on any atom is 0.197 e. The molecule has 4 aromatic carbocycles. The molecule has 2 aliphatic rings. The average Bonchev–Trinajstić information content (AvgIpc) is 2.99. The molecule has 2 unspecified atom stereocenters. The molecular formula is C35H37NO2. The topological polar surface area (TPSA) is 32.7 Å². The van der Waals surface area contributed by atoms with Gasteiger partial charge >= 0.3 is 0 Å². The first kappa shape index (κ1) is 25.1. The molecule has 1 fully saturated rings. The van der Waals surface area contributed by atoms with Crippen molar-refractivity contribution in [3.8, 4) is 11.1 Å². The van der Waals surface area contributed by atoms with Gasteiger partial charge in [0.25, 0.3) is 0 Å². The quantitative estimate of drug-likeness (QED) is 0.272. The molecule has 194 valence electrons. The van der Waals surface area contributed by atoms with Gasteiger partial charge in [0, 0.05) is 18.0 Å². The third-order valence-corrected chi connectivity index (χ3v) is 8.61. The highest BCUT2D eigenvalue weighted by molar-refractivity contribution is 5.67. The molecule has 3 heteroatoms. The maximum atomic E-state index is 12.3. The second kappa shape index (κ2) is 11.2. The summed E-state index contributed by atoms with van der Waals surface area (Å²) < 4.78 is 6.62. The molecule has 0 radical (unpaired) electrons. The van der Waals surface area contributed by atoms with Gasteiger partial charge in [-0.1, -0.05) is 109 Å². The van der Waals surface area contributed by atoms with Crippen LogP contribution in [0.15, 0.2) is 109 Å². The summed E-state index contributed by atoms with van der Waals surface area (Å²) in [4.78, 5) is 2.55. The summed E-state index contributed by atoms with van der Waals surface area (Å²) in [6.45, 7) is 3.34. The highest BCUT2D eigenvalue weighted by atomic mass is 16.6. The fourth-order valence-corrected chi connectivity index (χ4v) is 6.46. The third-order valence-electron chi connectivity index (χ3n) is 8.61. The Kier molecular flexibility index (Phi) is 7.42. The van der Waals surface area contributed by atoms with Crippen LogP contribution in [-0.4, -0.2) is 29.6 Å². The molecule has 3 nitrogen and oxygen atoms in total. The van der Waals surface area contributed by atoms with Crippen LogP contribution >= 0.6 is 0 Å². The first-order valence-electron chi connectivity index (χ1n) is 14.1. The van der Waals surface area contributed by atoms with E-state index >= 15 is 0 Å². The Morgan fingerprint density at radius 2 is 1.39 bits per heavy atom. The van der Waals surface area contributed by atoms with Gasteiger partial charge in [0.1, 0.15) is 0 Å². The summed E-state index contributed by atoms with van der Waals surface area (Å²) in [5, 5.41) is 12.3. The number of hydrogen-bond donors (Lipinski definition) is 1. The summed E-state index contributed by atoms with van der Waals surface area (Å²) in [5.74, 6) is -0.659. The summed E-state index contributed by atoms with van der Waals surface area (Å²) in [7, 11) is 0. The fraction of sp³-hybridized carbons (Fsp3) is 0.314. The van der Waals surface area contributed by atoms with Crippen LogP contribution in [0, 0.1) is 5.92 Å². The zero-order valence-corrected chi connectivity index (χ0v) is 22.0. The van der Waals surface area contributed by atoms with Crippen LogP contribution in [0.5, 0.6) is 0 Å². The van der Waals surface area contributed by atoms with Gasteiger partial charge in [-0.05, 0) is 72.5 Å². The van der Waals surface area contributed by atoms with Crippen LogP contribution in [0.25, 0.3) is 11.1 Å². The number of likely N-dealkylation sites (tertiary alicyclic amines) is 1. The van der Waals surface area contributed by atoms with Gasteiger partial charge in [-0.2, -0.15) is 0 Å². The van der Waals surface area contributed by atoms with E-state index in [1.807, 2.05) is 12.1 Å². The number of aryl methyl sites for hydroxylation is 1. The zero-order valence-electron chi connectivity index (χ0n) is 22.0. The van der Waals surface area contributed by atoms with E-state index < -0.39 is 5.79 Å². The molecule has 1 aliphatic carbocycles. The van der Waals surface area contributed by atoms with Gasteiger partial charge in [0.15, 0.2) is 5.79 Å². The molecule has 0 spiro atoms. The average molecular weight is 504 g/mol.